The van der Waals surface area contributed by atoms with Crippen LogP contribution in [0.1, 0.15) is 10.4 Å². The molecule has 0 radical (unpaired) electrons. The summed E-state index contributed by atoms with van der Waals surface area (Å²) >= 11 is 0. The molecule has 3 rings (SSSR count). The van der Waals surface area contributed by atoms with E-state index in [1.54, 1.807) is 6.07 Å². The Morgan fingerprint density at radius 3 is 2.31 bits per heavy atom. The predicted octanol–water partition coefficient (Wildman–Crippen LogP) is 1.48. The van der Waals surface area contributed by atoms with Crippen molar-refractivity contribution in [3.8, 4) is 0 Å². The highest BCUT2D eigenvalue weighted by molar-refractivity contribution is 7.92. The standard InChI is InChI=1S/C16H12N4O5S/c21-14-7-2-11(10-25-14)15(22)19-12-3-5-13(6-4-12)26(23,24)20-16-17-8-1-9-18-16/h1-10H,(H,19,22)(H,17,18,20). The number of rotatable bonds is 5. The number of sulfonamides is 1. The highest BCUT2D eigenvalue weighted by Crippen LogP contribution is 2.17. The van der Waals surface area contributed by atoms with E-state index < -0.39 is 21.6 Å². The summed E-state index contributed by atoms with van der Waals surface area (Å²) in [5, 5.41) is 2.57. The van der Waals surface area contributed by atoms with Gasteiger partial charge >= 0.3 is 5.63 Å². The summed E-state index contributed by atoms with van der Waals surface area (Å²) in [6, 6.07) is 9.52. The Bertz CT molecular complexity index is 1060. The van der Waals surface area contributed by atoms with E-state index in [2.05, 4.69) is 24.4 Å². The van der Waals surface area contributed by atoms with Gasteiger partial charge in [0, 0.05) is 24.1 Å². The first-order valence-electron chi connectivity index (χ1n) is 7.24. The molecular formula is C16H12N4O5S. The number of amides is 1. The van der Waals surface area contributed by atoms with Crippen molar-refractivity contribution in [2.24, 2.45) is 0 Å². The number of carbonyl (C=O) groups excluding carboxylic acids is 1. The molecule has 0 saturated heterocycles. The monoisotopic (exact) mass is 372 g/mol. The number of anilines is 2. The molecule has 0 aliphatic carbocycles. The second kappa shape index (κ2) is 7.15. The number of benzene rings is 1. The van der Waals surface area contributed by atoms with E-state index in [0.29, 0.717) is 5.69 Å². The fraction of sp³-hybridized carbons (Fsp3) is 0. The minimum Gasteiger partial charge on any atom is -0.430 e. The lowest BCUT2D eigenvalue weighted by atomic mass is 10.2. The fourth-order valence-electron chi connectivity index (χ4n) is 1.94. The third kappa shape index (κ3) is 4.11. The minimum atomic E-state index is -3.85. The van der Waals surface area contributed by atoms with Crippen molar-refractivity contribution in [1.29, 1.82) is 0 Å². The van der Waals surface area contributed by atoms with Gasteiger partial charge in [0.25, 0.3) is 15.9 Å². The molecule has 132 valence electrons. The number of aromatic nitrogens is 2. The third-order valence-electron chi connectivity index (χ3n) is 3.18. The molecule has 0 unspecified atom stereocenters. The van der Waals surface area contributed by atoms with Crippen LogP contribution in [0.4, 0.5) is 11.6 Å². The first-order chi connectivity index (χ1) is 12.4. The van der Waals surface area contributed by atoms with E-state index in [1.165, 1.54) is 42.7 Å². The Morgan fingerprint density at radius 1 is 1.00 bits per heavy atom. The summed E-state index contributed by atoms with van der Waals surface area (Å²) in [6.45, 7) is 0. The summed E-state index contributed by atoms with van der Waals surface area (Å²) in [7, 11) is -3.85. The zero-order valence-corrected chi connectivity index (χ0v) is 13.9. The van der Waals surface area contributed by atoms with E-state index in [0.717, 1.165) is 12.3 Å². The first-order valence-corrected chi connectivity index (χ1v) is 8.72. The average molecular weight is 372 g/mol. The van der Waals surface area contributed by atoms with Gasteiger partial charge in [-0.05, 0) is 36.4 Å². The Hall–Kier alpha value is -3.53. The van der Waals surface area contributed by atoms with Crippen LogP contribution >= 0.6 is 0 Å². The molecule has 2 aromatic heterocycles. The molecule has 1 amide bonds. The Kier molecular flexibility index (Phi) is 4.76. The molecule has 0 aliphatic rings. The van der Waals surface area contributed by atoms with E-state index in [1.807, 2.05) is 0 Å². The van der Waals surface area contributed by atoms with Crippen LogP contribution in [0, 0.1) is 0 Å². The molecule has 9 nitrogen and oxygen atoms in total. The number of nitrogens with one attached hydrogen (secondary N) is 2. The first kappa shape index (κ1) is 17.3. The molecule has 0 fully saturated rings. The zero-order valence-electron chi connectivity index (χ0n) is 13.1. The lowest BCUT2D eigenvalue weighted by Gasteiger charge is -2.08. The Morgan fingerprint density at radius 2 is 1.69 bits per heavy atom. The highest BCUT2D eigenvalue weighted by atomic mass is 32.2. The molecule has 0 spiro atoms. The molecular weight excluding hydrogens is 360 g/mol. The summed E-state index contributed by atoms with van der Waals surface area (Å²) in [5.74, 6) is -0.546. The fourth-order valence-corrected chi connectivity index (χ4v) is 2.90. The Labute approximate surface area is 147 Å². The van der Waals surface area contributed by atoms with Crippen molar-refractivity contribution in [3.05, 3.63) is 77.1 Å². The topological polar surface area (TPSA) is 131 Å². The molecule has 0 bridgehead atoms. The molecule has 2 heterocycles. The van der Waals surface area contributed by atoms with Crippen molar-refractivity contribution in [3.63, 3.8) is 0 Å². The van der Waals surface area contributed by atoms with Gasteiger partial charge in [-0.1, -0.05) is 0 Å². The van der Waals surface area contributed by atoms with Crippen LogP contribution in [0.15, 0.2) is 75.2 Å². The molecule has 26 heavy (non-hydrogen) atoms. The van der Waals surface area contributed by atoms with Gasteiger partial charge < -0.3 is 9.73 Å². The number of carbonyl (C=O) groups is 1. The third-order valence-corrected chi connectivity index (χ3v) is 4.52. The van der Waals surface area contributed by atoms with E-state index in [9.17, 15) is 18.0 Å². The largest absolute Gasteiger partial charge is 0.430 e. The van der Waals surface area contributed by atoms with Crippen molar-refractivity contribution in [2.75, 3.05) is 10.0 Å². The van der Waals surface area contributed by atoms with Gasteiger partial charge in [0.05, 0.1) is 10.5 Å². The number of hydrogen-bond donors (Lipinski definition) is 2. The molecule has 2 N–H and O–H groups in total. The van der Waals surface area contributed by atoms with Crippen LogP contribution in [-0.2, 0) is 10.0 Å². The van der Waals surface area contributed by atoms with Crippen LogP contribution < -0.4 is 15.7 Å². The van der Waals surface area contributed by atoms with Gasteiger partial charge in [-0.25, -0.2) is 27.9 Å². The maximum Gasteiger partial charge on any atom is 0.335 e. The van der Waals surface area contributed by atoms with Gasteiger partial charge in [-0.2, -0.15) is 0 Å². The van der Waals surface area contributed by atoms with Crippen molar-refractivity contribution >= 4 is 27.6 Å². The summed E-state index contributed by atoms with van der Waals surface area (Å²) in [6.07, 6.45) is 3.87. The molecule has 0 atom stereocenters. The molecule has 0 aliphatic heterocycles. The van der Waals surface area contributed by atoms with Crippen LogP contribution in [0.25, 0.3) is 0 Å². The van der Waals surface area contributed by atoms with Crippen molar-refractivity contribution in [1.82, 2.24) is 9.97 Å². The smallest absolute Gasteiger partial charge is 0.335 e. The SMILES string of the molecule is O=C(Nc1ccc(S(=O)(=O)Nc2ncccn2)cc1)c1ccc(=O)oc1. The van der Waals surface area contributed by atoms with Crippen molar-refractivity contribution in [2.45, 2.75) is 4.90 Å². The lowest BCUT2D eigenvalue weighted by molar-refractivity contribution is 0.102. The summed E-state index contributed by atoms with van der Waals surface area (Å²) in [4.78, 5) is 30.5. The van der Waals surface area contributed by atoms with Crippen LogP contribution in [-0.4, -0.2) is 24.3 Å². The average Bonchev–Trinajstić information content (AvgIpc) is 2.63. The Balaban J connectivity index is 1.72. The molecule has 0 saturated carbocycles. The summed E-state index contributed by atoms with van der Waals surface area (Å²) < 4.78 is 31.4. The number of hydrogen-bond acceptors (Lipinski definition) is 7. The second-order valence-electron chi connectivity index (χ2n) is 5.00. The van der Waals surface area contributed by atoms with Crippen LogP contribution in [0.5, 0.6) is 0 Å². The normalized spacial score (nSPS) is 10.9. The van der Waals surface area contributed by atoms with Crippen molar-refractivity contribution < 1.29 is 17.6 Å². The van der Waals surface area contributed by atoms with E-state index in [4.69, 9.17) is 0 Å². The quantitative estimate of drug-likeness (QED) is 0.693. The van der Waals surface area contributed by atoms with E-state index >= 15 is 0 Å². The van der Waals surface area contributed by atoms with Crippen LogP contribution in [0.3, 0.4) is 0 Å². The van der Waals surface area contributed by atoms with Gasteiger partial charge in [-0.3, -0.25) is 4.79 Å². The highest BCUT2D eigenvalue weighted by Gasteiger charge is 2.15. The predicted molar refractivity (Wildman–Crippen MR) is 92.2 cm³/mol. The van der Waals surface area contributed by atoms with Gasteiger partial charge in [0.2, 0.25) is 5.95 Å². The maximum atomic E-state index is 12.3. The zero-order chi connectivity index (χ0) is 18.6. The lowest BCUT2D eigenvalue weighted by Crippen LogP contribution is -2.15. The van der Waals surface area contributed by atoms with Gasteiger partial charge in [-0.15, -0.1) is 0 Å². The molecule has 3 aromatic rings. The minimum absolute atomic E-state index is 0.0198. The van der Waals surface area contributed by atoms with Crippen LogP contribution in [0.2, 0.25) is 0 Å². The maximum absolute atomic E-state index is 12.3. The number of nitrogens with zero attached hydrogens (tertiary/aromatic N) is 2. The second-order valence-corrected chi connectivity index (χ2v) is 6.68. The molecule has 1 aromatic carbocycles. The summed E-state index contributed by atoms with van der Waals surface area (Å²) in [5.41, 5.74) is -0.0358. The van der Waals surface area contributed by atoms with Gasteiger partial charge in [0.1, 0.15) is 6.26 Å². The van der Waals surface area contributed by atoms with E-state index in [-0.39, 0.29) is 16.4 Å². The van der Waals surface area contributed by atoms with Gasteiger partial charge in [0.15, 0.2) is 0 Å². The molecule has 10 heteroatoms.